The molecule has 0 spiro atoms. The van der Waals surface area contributed by atoms with Crippen molar-refractivity contribution in [1.82, 2.24) is 10.3 Å². The van der Waals surface area contributed by atoms with E-state index >= 15 is 0 Å². The third-order valence-corrected chi connectivity index (χ3v) is 6.16. The fraction of sp³-hybridized carbons (Fsp3) is 0.320. The van der Waals surface area contributed by atoms with Crippen LogP contribution in [0.15, 0.2) is 70.1 Å². The molecule has 32 heavy (non-hydrogen) atoms. The number of halogens is 1. The number of rotatable bonds is 9. The van der Waals surface area contributed by atoms with Crippen molar-refractivity contribution in [1.29, 1.82) is 0 Å². The molecule has 3 aromatic rings. The summed E-state index contributed by atoms with van der Waals surface area (Å²) in [6.45, 7) is 7.39. The summed E-state index contributed by atoms with van der Waals surface area (Å²) < 4.78 is 18.4. The summed E-state index contributed by atoms with van der Waals surface area (Å²) >= 11 is 3.69. The number of oxazole rings is 1. The fourth-order valence-corrected chi connectivity index (χ4v) is 4.28. The van der Waals surface area contributed by atoms with Crippen LogP contribution in [-0.4, -0.2) is 44.9 Å². The first kappa shape index (κ1) is 22.6. The number of methoxy groups -OCH3 is 1. The predicted octanol–water partition coefficient (Wildman–Crippen LogP) is 4.74. The molecule has 1 saturated heterocycles. The van der Waals surface area contributed by atoms with Gasteiger partial charge in [0.25, 0.3) is 0 Å². The number of morpholine rings is 1. The highest BCUT2D eigenvalue weighted by molar-refractivity contribution is 9.10. The lowest BCUT2D eigenvalue weighted by atomic mass is 10.1. The van der Waals surface area contributed by atoms with Gasteiger partial charge in [0.2, 0.25) is 11.8 Å². The highest BCUT2D eigenvalue weighted by Crippen LogP contribution is 2.35. The molecule has 1 N–H and O–H groups in total. The quantitative estimate of drug-likeness (QED) is 0.431. The highest BCUT2D eigenvalue weighted by Gasteiger charge is 2.27. The molecule has 0 bridgehead atoms. The second kappa shape index (κ2) is 10.8. The van der Waals surface area contributed by atoms with E-state index in [1.165, 1.54) is 5.56 Å². The van der Waals surface area contributed by atoms with Crippen molar-refractivity contribution in [3.8, 4) is 5.75 Å². The summed E-state index contributed by atoms with van der Waals surface area (Å²) in [5.74, 6) is 2.21. The van der Waals surface area contributed by atoms with Crippen molar-refractivity contribution >= 4 is 21.8 Å². The van der Waals surface area contributed by atoms with Crippen LogP contribution in [0.5, 0.6) is 5.75 Å². The van der Waals surface area contributed by atoms with E-state index < -0.39 is 0 Å². The zero-order chi connectivity index (χ0) is 22.3. The average Bonchev–Trinajstić information content (AvgIpc) is 3.25. The Balaban J connectivity index is 1.75. The SMILES string of the molecule is C=CCNC(c1nc(Cc2ccccc2)c(N2CCOCC2)o1)c1cc(OC)ccc1Br. The summed E-state index contributed by atoms with van der Waals surface area (Å²) in [5.41, 5.74) is 3.12. The van der Waals surface area contributed by atoms with E-state index in [2.05, 4.69) is 44.9 Å². The molecular weight excluding hydrogens is 470 g/mol. The second-order valence-electron chi connectivity index (χ2n) is 7.58. The standard InChI is InChI=1S/C25H28BrN3O3/c1-3-11-27-23(20-17-19(30-2)9-10-21(20)26)24-28-22(16-18-7-5-4-6-8-18)25(32-24)29-12-14-31-15-13-29/h3-10,17,23,27H,1,11-16H2,2H3. The molecular formula is C25H28BrN3O3. The first-order chi connectivity index (χ1) is 15.7. The molecule has 0 saturated carbocycles. The fourth-order valence-electron chi connectivity index (χ4n) is 3.80. The third-order valence-electron chi connectivity index (χ3n) is 5.43. The van der Waals surface area contributed by atoms with E-state index in [9.17, 15) is 0 Å². The topological polar surface area (TPSA) is 59.8 Å². The lowest BCUT2D eigenvalue weighted by Crippen LogP contribution is -2.36. The Hall–Kier alpha value is -2.61. The van der Waals surface area contributed by atoms with Crippen LogP contribution in [0, 0.1) is 0 Å². The molecule has 1 unspecified atom stereocenters. The maximum absolute atomic E-state index is 6.47. The van der Waals surface area contributed by atoms with Gasteiger partial charge in [-0.3, -0.25) is 5.32 Å². The average molecular weight is 498 g/mol. The van der Waals surface area contributed by atoms with Gasteiger partial charge < -0.3 is 18.8 Å². The number of benzene rings is 2. The molecule has 1 atom stereocenters. The van der Waals surface area contributed by atoms with Crippen LogP contribution in [-0.2, 0) is 11.2 Å². The van der Waals surface area contributed by atoms with Gasteiger partial charge in [-0.1, -0.05) is 52.3 Å². The van der Waals surface area contributed by atoms with Crippen molar-refractivity contribution in [3.05, 3.63) is 88.4 Å². The number of hydrogen-bond donors (Lipinski definition) is 1. The van der Waals surface area contributed by atoms with E-state index in [4.69, 9.17) is 18.9 Å². The van der Waals surface area contributed by atoms with E-state index in [-0.39, 0.29) is 6.04 Å². The molecule has 0 aliphatic carbocycles. The number of nitrogens with one attached hydrogen (secondary N) is 1. The van der Waals surface area contributed by atoms with Crippen molar-refractivity contribution in [2.24, 2.45) is 0 Å². The van der Waals surface area contributed by atoms with Gasteiger partial charge in [-0.05, 0) is 29.3 Å². The maximum atomic E-state index is 6.47. The Morgan fingerprint density at radius 3 is 2.72 bits per heavy atom. The molecule has 1 aliphatic heterocycles. The zero-order valence-corrected chi connectivity index (χ0v) is 19.8. The molecule has 1 aromatic heterocycles. The van der Waals surface area contributed by atoms with Crippen LogP contribution in [0.4, 0.5) is 5.88 Å². The lowest BCUT2D eigenvalue weighted by molar-refractivity contribution is 0.120. The molecule has 1 fully saturated rings. The zero-order valence-electron chi connectivity index (χ0n) is 18.2. The molecule has 0 radical (unpaired) electrons. The van der Waals surface area contributed by atoms with Gasteiger partial charge in [0.15, 0.2) is 0 Å². The molecule has 4 rings (SSSR count). The predicted molar refractivity (Wildman–Crippen MR) is 130 cm³/mol. The first-order valence-corrected chi connectivity index (χ1v) is 11.5. The third kappa shape index (κ3) is 5.23. The summed E-state index contributed by atoms with van der Waals surface area (Å²) in [6, 6.07) is 16.0. The summed E-state index contributed by atoms with van der Waals surface area (Å²) in [5, 5.41) is 3.50. The van der Waals surface area contributed by atoms with Crippen molar-refractivity contribution in [2.45, 2.75) is 12.5 Å². The van der Waals surface area contributed by atoms with Gasteiger partial charge in [0.05, 0.1) is 20.3 Å². The molecule has 0 amide bonds. The highest BCUT2D eigenvalue weighted by atomic mass is 79.9. The molecule has 168 valence electrons. The Morgan fingerprint density at radius 1 is 1.22 bits per heavy atom. The van der Waals surface area contributed by atoms with Gasteiger partial charge in [0, 0.05) is 30.5 Å². The summed E-state index contributed by atoms with van der Waals surface area (Å²) in [4.78, 5) is 7.22. The minimum absolute atomic E-state index is 0.262. The number of nitrogens with zero attached hydrogens (tertiary/aromatic N) is 2. The smallest absolute Gasteiger partial charge is 0.220 e. The van der Waals surface area contributed by atoms with Crippen molar-refractivity contribution < 1.29 is 13.9 Å². The van der Waals surface area contributed by atoms with Crippen LogP contribution < -0.4 is 15.0 Å². The van der Waals surface area contributed by atoms with Crippen LogP contribution >= 0.6 is 15.9 Å². The number of anilines is 1. The lowest BCUT2D eigenvalue weighted by Gasteiger charge is -2.27. The van der Waals surface area contributed by atoms with E-state index in [0.29, 0.717) is 32.1 Å². The van der Waals surface area contributed by atoms with Crippen molar-refractivity contribution in [3.63, 3.8) is 0 Å². The Kier molecular flexibility index (Phi) is 7.63. The number of aromatic nitrogens is 1. The number of hydrogen-bond acceptors (Lipinski definition) is 6. The Morgan fingerprint density at radius 2 is 2.00 bits per heavy atom. The van der Waals surface area contributed by atoms with E-state index in [0.717, 1.165) is 40.5 Å². The van der Waals surface area contributed by atoms with Crippen LogP contribution in [0.3, 0.4) is 0 Å². The Labute approximate surface area is 197 Å². The molecule has 2 aromatic carbocycles. The van der Waals surface area contributed by atoms with Crippen LogP contribution in [0.1, 0.15) is 28.8 Å². The van der Waals surface area contributed by atoms with Gasteiger partial charge in [-0.25, -0.2) is 4.98 Å². The van der Waals surface area contributed by atoms with Crippen molar-refractivity contribution in [2.75, 3.05) is 44.9 Å². The number of ether oxygens (including phenoxy) is 2. The first-order valence-electron chi connectivity index (χ1n) is 10.7. The molecule has 6 nitrogen and oxygen atoms in total. The van der Waals surface area contributed by atoms with E-state index in [1.807, 2.05) is 42.5 Å². The minimum atomic E-state index is -0.262. The maximum Gasteiger partial charge on any atom is 0.220 e. The van der Waals surface area contributed by atoms with Gasteiger partial charge in [0.1, 0.15) is 17.5 Å². The van der Waals surface area contributed by atoms with Crippen LogP contribution in [0.25, 0.3) is 0 Å². The molecule has 7 heteroatoms. The summed E-state index contributed by atoms with van der Waals surface area (Å²) in [6.07, 6.45) is 2.53. The van der Waals surface area contributed by atoms with Gasteiger partial charge in [-0.15, -0.1) is 6.58 Å². The van der Waals surface area contributed by atoms with E-state index in [1.54, 1.807) is 7.11 Å². The minimum Gasteiger partial charge on any atom is -0.497 e. The van der Waals surface area contributed by atoms with Gasteiger partial charge >= 0.3 is 0 Å². The molecule has 1 aliphatic rings. The van der Waals surface area contributed by atoms with Gasteiger partial charge in [-0.2, -0.15) is 0 Å². The summed E-state index contributed by atoms with van der Waals surface area (Å²) in [7, 11) is 1.67. The monoisotopic (exact) mass is 497 g/mol. The second-order valence-corrected chi connectivity index (χ2v) is 8.44. The Bertz CT molecular complexity index is 1030. The largest absolute Gasteiger partial charge is 0.497 e. The van der Waals surface area contributed by atoms with Crippen LogP contribution in [0.2, 0.25) is 0 Å². The molecule has 2 heterocycles. The normalized spacial score (nSPS) is 14.9.